The van der Waals surface area contributed by atoms with E-state index in [4.69, 9.17) is 0 Å². The number of benzene rings is 1. The molecule has 0 aliphatic carbocycles. The highest BCUT2D eigenvalue weighted by molar-refractivity contribution is 7.88. The third kappa shape index (κ3) is 5.66. The maximum absolute atomic E-state index is 10.9. The van der Waals surface area contributed by atoms with Gasteiger partial charge in [-0.3, -0.25) is 0 Å². The largest absolute Gasteiger partial charge is 0.313 e. The first-order valence-corrected chi connectivity index (χ1v) is 8.68. The monoisotopic (exact) mass is 308 g/mol. The number of hydrogen-bond acceptors (Lipinski definition) is 4. The van der Waals surface area contributed by atoms with Crippen molar-refractivity contribution in [2.24, 2.45) is 0 Å². The zero-order valence-corrected chi connectivity index (χ0v) is 12.8. The van der Waals surface area contributed by atoms with Crippen LogP contribution in [0, 0.1) is 0 Å². The normalized spacial score (nSPS) is 11.7. The molecule has 0 aliphatic heterocycles. The van der Waals surface area contributed by atoms with E-state index in [2.05, 4.69) is 27.3 Å². The van der Waals surface area contributed by atoms with Crippen molar-refractivity contribution in [1.82, 2.24) is 19.8 Å². The van der Waals surface area contributed by atoms with E-state index in [1.165, 1.54) is 11.8 Å². The van der Waals surface area contributed by atoms with Gasteiger partial charge in [-0.15, -0.1) is 0 Å². The lowest BCUT2D eigenvalue weighted by atomic mass is 10.2. The highest BCUT2D eigenvalue weighted by Gasteiger charge is 1.99. The summed E-state index contributed by atoms with van der Waals surface area (Å²) in [5, 5.41) is 7.46. The first-order valence-electron chi connectivity index (χ1n) is 6.79. The molecular formula is C14H20N4O2S. The minimum absolute atomic E-state index is 0.462. The Bertz CT molecular complexity index is 636. The van der Waals surface area contributed by atoms with Crippen LogP contribution >= 0.6 is 0 Å². The fourth-order valence-electron chi connectivity index (χ4n) is 1.89. The molecular weight excluding hydrogens is 288 g/mol. The van der Waals surface area contributed by atoms with E-state index < -0.39 is 10.0 Å². The van der Waals surface area contributed by atoms with Crippen LogP contribution in [0.4, 0.5) is 0 Å². The zero-order valence-electron chi connectivity index (χ0n) is 12.0. The summed E-state index contributed by atoms with van der Waals surface area (Å²) in [5.74, 6) is 0. The van der Waals surface area contributed by atoms with Crippen molar-refractivity contribution in [3.8, 4) is 5.69 Å². The number of aromatic nitrogens is 2. The second-order valence-corrected chi connectivity index (χ2v) is 6.65. The van der Waals surface area contributed by atoms with Gasteiger partial charge in [0.2, 0.25) is 10.0 Å². The van der Waals surface area contributed by atoms with Crippen molar-refractivity contribution in [3.05, 3.63) is 48.3 Å². The third-order valence-electron chi connectivity index (χ3n) is 2.93. The van der Waals surface area contributed by atoms with Gasteiger partial charge in [0.25, 0.3) is 0 Å². The molecule has 0 amide bonds. The Morgan fingerprint density at radius 3 is 2.57 bits per heavy atom. The average Bonchev–Trinajstić information content (AvgIpc) is 2.96. The van der Waals surface area contributed by atoms with Gasteiger partial charge in [0.1, 0.15) is 0 Å². The molecule has 1 aromatic heterocycles. The summed E-state index contributed by atoms with van der Waals surface area (Å²) in [6, 6.07) is 10.0. The smallest absolute Gasteiger partial charge is 0.208 e. The van der Waals surface area contributed by atoms with Crippen molar-refractivity contribution in [1.29, 1.82) is 0 Å². The van der Waals surface area contributed by atoms with Crippen molar-refractivity contribution < 1.29 is 8.42 Å². The van der Waals surface area contributed by atoms with Gasteiger partial charge < -0.3 is 5.32 Å². The molecule has 6 nitrogen and oxygen atoms in total. The SMILES string of the molecule is CS(=O)(=O)NCCCNCc1ccc(-n2cccn2)cc1. The van der Waals surface area contributed by atoms with Crippen LogP contribution in [0.1, 0.15) is 12.0 Å². The fourth-order valence-corrected chi connectivity index (χ4v) is 2.41. The molecule has 0 bridgehead atoms. The molecule has 0 saturated carbocycles. The van der Waals surface area contributed by atoms with Gasteiger partial charge in [0, 0.05) is 25.5 Å². The minimum atomic E-state index is -3.08. The van der Waals surface area contributed by atoms with E-state index in [0.29, 0.717) is 6.54 Å². The van der Waals surface area contributed by atoms with E-state index >= 15 is 0 Å². The van der Waals surface area contributed by atoms with Crippen LogP contribution in [-0.4, -0.2) is 37.5 Å². The maximum Gasteiger partial charge on any atom is 0.208 e. The Morgan fingerprint density at radius 2 is 1.95 bits per heavy atom. The summed E-state index contributed by atoms with van der Waals surface area (Å²) in [6.45, 7) is 1.99. The summed E-state index contributed by atoms with van der Waals surface area (Å²) >= 11 is 0. The second-order valence-electron chi connectivity index (χ2n) is 4.81. The minimum Gasteiger partial charge on any atom is -0.313 e. The topological polar surface area (TPSA) is 76.0 Å². The highest BCUT2D eigenvalue weighted by atomic mass is 32.2. The van der Waals surface area contributed by atoms with Gasteiger partial charge in [0.05, 0.1) is 11.9 Å². The lowest BCUT2D eigenvalue weighted by Crippen LogP contribution is -2.26. The summed E-state index contributed by atoms with van der Waals surface area (Å²) in [6.07, 6.45) is 5.59. The highest BCUT2D eigenvalue weighted by Crippen LogP contribution is 2.08. The predicted molar refractivity (Wildman–Crippen MR) is 82.7 cm³/mol. The number of nitrogens with zero attached hydrogens (tertiary/aromatic N) is 2. The lowest BCUT2D eigenvalue weighted by Gasteiger charge is -2.07. The van der Waals surface area contributed by atoms with Gasteiger partial charge in [0.15, 0.2) is 0 Å². The molecule has 7 heteroatoms. The molecule has 1 heterocycles. The first kappa shape index (κ1) is 15.7. The van der Waals surface area contributed by atoms with E-state index in [1.54, 1.807) is 6.20 Å². The standard InChI is InChI=1S/C14H20N4O2S/c1-21(19,20)17-10-2-8-15-12-13-4-6-14(7-5-13)18-11-3-9-16-18/h3-7,9,11,15,17H,2,8,10,12H2,1H3. The quantitative estimate of drug-likeness (QED) is 0.711. The van der Waals surface area contributed by atoms with Gasteiger partial charge in [-0.25, -0.2) is 17.8 Å². The van der Waals surface area contributed by atoms with Crippen LogP contribution < -0.4 is 10.0 Å². The van der Waals surface area contributed by atoms with Crippen molar-refractivity contribution >= 4 is 10.0 Å². The molecule has 0 spiro atoms. The molecule has 114 valence electrons. The molecule has 2 N–H and O–H groups in total. The molecule has 2 aromatic rings. The molecule has 0 fully saturated rings. The Labute approximate surface area is 125 Å². The number of rotatable bonds is 8. The molecule has 0 unspecified atom stereocenters. The van der Waals surface area contributed by atoms with Crippen LogP contribution in [-0.2, 0) is 16.6 Å². The Kier molecular flexibility index (Phi) is 5.49. The van der Waals surface area contributed by atoms with Crippen molar-refractivity contribution in [2.75, 3.05) is 19.3 Å². The van der Waals surface area contributed by atoms with Gasteiger partial charge in [-0.1, -0.05) is 12.1 Å². The van der Waals surface area contributed by atoms with Crippen LogP contribution in [0.5, 0.6) is 0 Å². The molecule has 0 aliphatic rings. The second kappa shape index (κ2) is 7.35. The number of nitrogens with one attached hydrogen (secondary N) is 2. The van der Waals surface area contributed by atoms with Crippen molar-refractivity contribution in [2.45, 2.75) is 13.0 Å². The molecule has 0 saturated heterocycles. The molecule has 0 atom stereocenters. The third-order valence-corrected chi connectivity index (χ3v) is 3.66. The maximum atomic E-state index is 10.9. The predicted octanol–water partition coefficient (Wildman–Crippen LogP) is 0.901. The Balaban J connectivity index is 1.70. The Morgan fingerprint density at radius 1 is 1.19 bits per heavy atom. The molecule has 21 heavy (non-hydrogen) atoms. The summed E-state index contributed by atoms with van der Waals surface area (Å²) in [4.78, 5) is 0. The van der Waals surface area contributed by atoms with Gasteiger partial charge >= 0.3 is 0 Å². The summed E-state index contributed by atoms with van der Waals surface area (Å²) < 4.78 is 26.0. The molecule has 1 aromatic carbocycles. The first-order chi connectivity index (χ1) is 10.0. The van der Waals surface area contributed by atoms with Crippen LogP contribution in [0.2, 0.25) is 0 Å². The van der Waals surface area contributed by atoms with Gasteiger partial charge in [-0.2, -0.15) is 5.10 Å². The van der Waals surface area contributed by atoms with Crippen LogP contribution in [0.3, 0.4) is 0 Å². The van der Waals surface area contributed by atoms with Crippen LogP contribution in [0.15, 0.2) is 42.7 Å². The number of sulfonamides is 1. The summed E-state index contributed by atoms with van der Waals surface area (Å²) in [7, 11) is -3.08. The van der Waals surface area contributed by atoms with Crippen molar-refractivity contribution in [3.63, 3.8) is 0 Å². The Hall–Kier alpha value is -1.70. The number of hydrogen-bond donors (Lipinski definition) is 2. The van der Waals surface area contributed by atoms with E-state index in [1.807, 2.05) is 29.1 Å². The van der Waals surface area contributed by atoms with E-state index in [-0.39, 0.29) is 0 Å². The molecule has 2 rings (SSSR count). The zero-order chi connectivity index (χ0) is 15.1. The van der Waals surface area contributed by atoms with E-state index in [9.17, 15) is 8.42 Å². The van der Waals surface area contributed by atoms with E-state index in [0.717, 1.165) is 25.2 Å². The lowest BCUT2D eigenvalue weighted by molar-refractivity contribution is 0.579. The fraction of sp³-hybridized carbons (Fsp3) is 0.357. The molecule has 0 radical (unpaired) electrons. The summed E-state index contributed by atoms with van der Waals surface area (Å²) in [5.41, 5.74) is 2.21. The average molecular weight is 308 g/mol. The van der Waals surface area contributed by atoms with Crippen LogP contribution in [0.25, 0.3) is 5.69 Å². The van der Waals surface area contributed by atoms with Gasteiger partial charge in [-0.05, 0) is 36.7 Å².